The van der Waals surface area contributed by atoms with Gasteiger partial charge in [0.25, 0.3) is 0 Å². The lowest BCUT2D eigenvalue weighted by Crippen LogP contribution is -2.45. The molecule has 3 N–H and O–H groups in total. The summed E-state index contributed by atoms with van der Waals surface area (Å²) in [6.45, 7) is 7.44. The molecule has 2 rings (SSSR count). The van der Waals surface area contributed by atoms with Gasteiger partial charge in [-0.15, -0.1) is 12.4 Å². The summed E-state index contributed by atoms with van der Waals surface area (Å²) in [5.41, 5.74) is 2.37. The van der Waals surface area contributed by atoms with E-state index in [4.69, 9.17) is 0 Å². The Bertz CT molecular complexity index is 491. The van der Waals surface area contributed by atoms with Crippen molar-refractivity contribution in [3.8, 4) is 0 Å². The summed E-state index contributed by atoms with van der Waals surface area (Å²) in [4.78, 5) is 12.1. The predicted octanol–water partition coefficient (Wildman–Crippen LogP) is 1.53. The number of aryl methyl sites for hydroxylation is 1. The Morgan fingerprint density at radius 1 is 1.43 bits per heavy atom. The minimum Gasteiger partial charge on any atom is -0.392 e. The lowest BCUT2D eigenvalue weighted by Gasteiger charge is -2.28. The minimum atomic E-state index is -0.407. The second-order valence-electron chi connectivity index (χ2n) is 6.27. The maximum atomic E-state index is 12.1. The highest BCUT2D eigenvalue weighted by Crippen LogP contribution is 2.25. The van der Waals surface area contributed by atoms with Gasteiger partial charge in [-0.25, -0.2) is 0 Å². The van der Waals surface area contributed by atoms with Crippen molar-refractivity contribution in [3.05, 3.63) is 35.4 Å². The standard InChI is InChI=1S/C16H24N2O2.ClH/c1-11-6-4-5-7-13(11)16(2,3)10-18-15(20)14-8-12(19)9-17-14;/h4-7,12,14,17,19H,8-10H2,1-3H3,(H,18,20);1H. The van der Waals surface area contributed by atoms with Gasteiger partial charge in [-0.1, -0.05) is 38.1 Å². The summed E-state index contributed by atoms with van der Waals surface area (Å²) in [5.74, 6) is -0.0248. The maximum absolute atomic E-state index is 12.1. The molecule has 1 fully saturated rings. The first-order valence-corrected chi connectivity index (χ1v) is 7.15. The Kier molecular flexibility index (Phi) is 6.20. The van der Waals surface area contributed by atoms with Crippen molar-refractivity contribution in [2.75, 3.05) is 13.1 Å². The van der Waals surface area contributed by atoms with E-state index in [0.29, 0.717) is 19.5 Å². The Hall–Kier alpha value is -1.10. The molecular formula is C16H25ClN2O2. The topological polar surface area (TPSA) is 61.4 Å². The van der Waals surface area contributed by atoms with Gasteiger partial charge in [-0.05, 0) is 24.5 Å². The summed E-state index contributed by atoms with van der Waals surface area (Å²) in [6, 6.07) is 7.99. The molecule has 1 aromatic rings. The summed E-state index contributed by atoms with van der Waals surface area (Å²) >= 11 is 0. The van der Waals surface area contributed by atoms with E-state index >= 15 is 0 Å². The zero-order valence-electron chi connectivity index (χ0n) is 12.8. The van der Waals surface area contributed by atoms with Crippen LogP contribution in [0.3, 0.4) is 0 Å². The maximum Gasteiger partial charge on any atom is 0.237 e. The number of carbonyl (C=O) groups excluding carboxylic acids is 1. The molecule has 0 saturated carbocycles. The summed E-state index contributed by atoms with van der Waals surface area (Å²) in [5, 5.41) is 15.5. The number of amides is 1. The number of aliphatic hydroxyl groups is 1. The lowest BCUT2D eigenvalue weighted by molar-refractivity contribution is -0.123. The largest absolute Gasteiger partial charge is 0.392 e. The number of β-amino-alcohol motifs (C(OH)–C–C–N with tert-alkyl or cyclic N) is 1. The zero-order chi connectivity index (χ0) is 14.8. The van der Waals surface area contributed by atoms with Crippen molar-refractivity contribution in [1.82, 2.24) is 10.6 Å². The number of aliphatic hydroxyl groups excluding tert-OH is 1. The molecule has 1 aromatic carbocycles. The fourth-order valence-electron chi connectivity index (χ4n) is 2.78. The number of hydrogen-bond acceptors (Lipinski definition) is 3. The molecule has 0 radical (unpaired) electrons. The molecule has 1 amide bonds. The Morgan fingerprint density at radius 3 is 2.67 bits per heavy atom. The molecular weight excluding hydrogens is 288 g/mol. The number of benzene rings is 1. The number of carbonyl (C=O) groups is 1. The third kappa shape index (κ3) is 4.43. The van der Waals surface area contributed by atoms with Crippen molar-refractivity contribution in [3.63, 3.8) is 0 Å². The molecule has 21 heavy (non-hydrogen) atoms. The molecule has 0 bridgehead atoms. The van der Waals surface area contributed by atoms with Crippen LogP contribution in [0.5, 0.6) is 0 Å². The van der Waals surface area contributed by atoms with Crippen molar-refractivity contribution in [1.29, 1.82) is 0 Å². The van der Waals surface area contributed by atoms with Gasteiger partial charge in [-0.2, -0.15) is 0 Å². The van der Waals surface area contributed by atoms with Crippen molar-refractivity contribution in [2.24, 2.45) is 0 Å². The lowest BCUT2D eigenvalue weighted by atomic mass is 9.82. The van der Waals surface area contributed by atoms with E-state index < -0.39 is 6.10 Å². The SMILES string of the molecule is Cc1ccccc1C(C)(C)CNC(=O)C1CC(O)CN1.Cl. The van der Waals surface area contributed by atoms with Gasteiger partial charge >= 0.3 is 0 Å². The van der Waals surface area contributed by atoms with Crippen LogP contribution in [0.2, 0.25) is 0 Å². The molecule has 1 aliphatic rings. The molecule has 4 nitrogen and oxygen atoms in total. The molecule has 2 atom stereocenters. The normalized spacial score (nSPS) is 21.7. The first-order chi connectivity index (χ1) is 9.40. The first kappa shape index (κ1) is 18.0. The second-order valence-corrected chi connectivity index (χ2v) is 6.27. The van der Waals surface area contributed by atoms with Crippen LogP contribution in [-0.2, 0) is 10.2 Å². The van der Waals surface area contributed by atoms with Gasteiger partial charge in [0.1, 0.15) is 0 Å². The van der Waals surface area contributed by atoms with Crippen LogP contribution in [0.25, 0.3) is 0 Å². The number of hydrogen-bond donors (Lipinski definition) is 3. The molecule has 0 aliphatic carbocycles. The Morgan fingerprint density at radius 2 is 2.10 bits per heavy atom. The molecule has 0 aromatic heterocycles. The van der Waals surface area contributed by atoms with Crippen LogP contribution in [0.4, 0.5) is 0 Å². The minimum absolute atomic E-state index is 0. The fourth-order valence-corrected chi connectivity index (χ4v) is 2.78. The molecule has 2 unspecified atom stereocenters. The van der Waals surface area contributed by atoms with Gasteiger partial charge in [0, 0.05) is 18.5 Å². The van der Waals surface area contributed by atoms with Crippen LogP contribution < -0.4 is 10.6 Å². The summed E-state index contributed by atoms with van der Waals surface area (Å²) in [6.07, 6.45) is 0.0894. The third-order valence-corrected chi connectivity index (χ3v) is 4.00. The van der Waals surface area contributed by atoms with Crippen molar-refractivity contribution in [2.45, 2.75) is 44.8 Å². The smallest absolute Gasteiger partial charge is 0.237 e. The van der Waals surface area contributed by atoms with Crippen LogP contribution in [0.1, 0.15) is 31.4 Å². The van der Waals surface area contributed by atoms with Crippen LogP contribution in [-0.4, -0.2) is 36.2 Å². The van der Waals surface area contributed by atoms with Crippen LogP contribution >= 0.6 is 12.4 Å². The van der Waals surface area contributed by atoms with E-state index in [9.17, 15) is 9.90 Å². The summed E-state index contributed by atoms with van der Waals surface area (Å²) in [7, 11) is 0. The Balaban J connectivity index is 0.00000220. The van der Waals surface area contributed by atoms with E-state index in [1.807, 2.05) is 12.1 Å². The number of halogens is 1. The third-order valence-electron chi connectivity index (χ3n) is 4.00. The van der Waals surface area contributed by atoms with Gasteiger partial charge in [-0.3, -0.25) is 4.79 Å². The van der Waals surface area contributed by atoms with Crippen molar-refractivity contribution >= 4 is 18.3 Å². The highest BCUT2D eigenvalue weighted by atomic mass is 35.5. The fraction of sp³-hybridized carbons (Fsp3) is 0.562. The predicted molar refractivity (Wildman–Crippen MR) is 86.9 cm³/mol. The van der Waals surface area contributed by atoms with E-state index in [0.717, 1.165) is 0 Å². The van der Waals surface area contributed by atoms with Crippen molar-refractivity contribution < 1.29 is 9.90 Å². The second kappa shape index (κ2) is 7.25. The van der Waals surface area contributed by atoms with Gasteiger partial charge in [0.05, 0.1) is 12.1 Å². The van der Waals surface area contributed by atoms with Crippen LogP contribution in [0, 0.1) is 6.92 Å². The highest BCUT2D eigenvalue weighted by Gasteiger charge is 2.29. The molecule has 1 aliphatic heterocycles. The van der Waals surface area contributed by atoms with Gasteiger partial charge < -0.3 is 15.7 Å². The average molecular weight is 313 g/mol. The first-order valence-electron chi connectivity index (χ1n) is 7.15. The molecule has 1 saturated heterocycles. The Labute approximate surface area is 132 Å². The molecule has 1 heterocycles. The van der Waals surface area contributed by atoms with Gasteiger partial charge in [0.2, 0.25) is 5.91 Å². The zero-order valence-corrected chi connectivity index (χ0v) is 13.7. The number of rotatable bonds is 4. The molecule has 5 heteroatoms. The molecule has 0 spiro atoms. The quantitative estimate of drug-likeness (QED) is 0.790. The monoisotopic (exact) mass is 312 g/mol. The average Bonchev–Trinajstić information content (AvgIpc) is 2.83. The molecule has 118 valence electrons. The number of nitrogens with one attached hydrogen (secondary N) is 2. The highest BCUT2D eigenvalue weighted by molar-refractivity contribution is 5.85. The summed E-state index contributed by atoms with van der Waals surface area (Å²) < 4.78 is 0. The van der Waals surface area contributed by atoms with E-state index in [-0.39, 0.29) is 29.8 Å². The van der Waals surface area contributed by atoms with Gasteiger partial charge in [0.15, 0.2) is 0 Å². The van der Waals surface area contributed by atoms with E-state index in [2.05, 4.69) is 43.5 Å². The van der Waals surface area contributed by atoms with E-state index in [1.165, 1.54) is 11.1 Å². The van der Waals surface area contributed by atoms with E-state index in [1.54, 1.807) is 0 Å². The van der Waals surface area contributed by atoms with Crippen LogP contribution in [0.15, 0.2) is 24.3 Å².